The standard InChI is InChI=1S/C62H115N2O7P/c1-7-10-13-16-19-22-25-27-28-29-30-31-32-33-34-35-36-37-40-42-45-48-51-54-61(65)63-59(58-70-72(67,68)69-57-56-64(4,5)6)60(53-50-47-44-41-39-26-23-20-17-14-11-8-2)71-62(66)55-52-49-46-43-38-24-21-18-15-12-9-3/h19,22,27-28,30-31,33-34,50,53,59-60H,7-18,20-21,23-26,29,32,35-49,51-52,54-58H2,1-6H3,(H-,63,65,67,68)/p+1/b22-19-,28-27-,31-30-,34-33-,53-50-. The van der Waals surface area contributed by atoms with E-state index in [-0.39, 0.29) is 25.1 Å². The fraction of sp³-hybridized carbons (Fsp3) is 0.806. The molecule has 0 rings (SSSR count). The third-order valence-electron chi connectivity index (χ3n) is 13.2. The molecule has 0 spiro atoms. The van der Waals surface area contributed by atoms with Crippen molar-refractivity contribution in [3.8, 4) is 0 Å². The lowest BCUT2D eigenvalue weighted by molar-refractivity contribution is -0.870. The van der Waals surface area contributed by atoms with E-state index in [1.165, 1.54) is 148 Å². The van der Waals surface area contributed by atoms with Crippen LogP contribution < -0.4 is 5.32 Å². The minimum Gasteiger partial charge on any atom is -0.456 e. The van der Waals surface area contributed by atoms with Gasteiger partial charge in [-0.1, -0.05) is 242 Å². The van der Waals surface area contributed by atoms with Gasteiger partial charge in [0, 0.05) is 12.8 Å². The molecule has 0 aliphatic heterocycles. The molecule has 0 bridgehead atoms. The van der Waals surface area contributed by atoms with Crippen LogP contribution in [0.2, 0.25) is 0 Å². The Hall–Kier alpha value is -2.29. The molecule has 0 fully saturated rings. The van der Waals surface area contributed by atoms with Gasteiger partial charge in [-0.05, 0) is 76.7 Å². The summed E-state index contributed by atoms with van der Waals surface area (Å²) in [6.45, 7) is 6.97. The number of hydrogen-bond acceptors (Lipinski definition) is 6. The van der Waals surface area contributed by atoms with Crippen LogP contribution in [-0.4, -0.2) is 74.3 Å². The quantitative estimate of drug-likeness (QED) is 0.0205. The molecule has 1 amide bonds. The Morgan fingerprint density at radius 2 is 0.847 bits per heavy atom. The maximum Gasteiger partial charge on any atom is 0.472 e. The minimum absolute atomic E-state index is 0.0375. The number of nitrogens with zero attached hydrogens (tertiary/aromatic N) is 1. The molecule has 3 unspecified atom stereocenters. The number of likely N-dealkylation sites (N-methyl/N-ethyl adjacent to an activating group) is 1. The van der Waals surface area contributed by atoms with Gasteiger partial charge >= 0.3 is 13.8 Å². The molecule has 9 nitrogen and oxygen atoms in total. The van der Waals surface area contributed by atoms with Gasteiger partial charge in [-0.3, -0.25) is 18.6 Å². The zero-order valence-electron chi connectivity index (χ0n) is 47.9. The molecular weight excluding hydrogens is 916 g/mol. The van der Waals surface area contributed by atoms with Crippen LogP contribution in [0.15, 0.2) is 60.8 Å². The maximum atomic E-state index is 13.5. The van der Waals surface area contributed by atoms with Crippen molar-refractivity contribution in [1.82, 2.24) is 5.32 Å². The van der Waals surface area contributed by atoms with Gasteiger partial charge in [-0.25, -0.2) is 4.57 Å². The van der Waals surface area contributed by atoms with Crippen molar-refractivity contribution >= 4 is 19.7 Å². The van der Waals surface area contributed by atoms with E-state index in [1.54, 1.807) is 0 Å². The molecule has 72 heavy (non-hydrogen) atoms. The summed E-state index contributed by atoms with van der Waals surface area (Å²) in [6.07, 6.45) is 65.0. The number of allylic oxidation sites excluding steroid dienone is 9. The van der Waals surface area contributed by atoms with Crippen molar-refractivity contribution in [1.29, 1.82) is 0 Å². The zero-order chi connectivity index (χ0) is 52.9. The van der Waals surface area contributed by atoms with Gasteiger partial charge in [0.2, 0.25) is 5.91 Å². The Labute approximate surface area is 445 Å². The lowest BCUT2D eigenvalue weighted by Gasteiger charge is -2.27. The summed E-state index contributed by atoms with van der Waals surface area (Å²) < 4.78 is 30.6. The fourth-order valence-electron chi connectivity index (χ4n) is 8.51. The van der Waals surface area contributed by atoms with Gasteiger partial charge in [-0.2, -0.15) is 0 Å². The molecule has 0 aromatic rings. The SMILES string of the molecule is CCCCC/C=C\C/C=C\C/C=C\C/C=C\CCCCCCCCCC(=O)NC(COP(=O)(O)OCC[N+](C)(C)C)C(/C=C\CCCCCCCCCCCC)OC(=O)CCCCCCCCCCCCC. The van der Waals surface area contributed by atoms with Crippen LogP contribution in [0, 0.1) is 0 Å². The number of phosphoric ester groups is 1. The largest absolute Gasteiger partial charge is 0.472 e. The smallest absolute Gasteiger partial charge is 0.456 e. The van der Waals surface area contributed by atoms with Gasteiger partial charge in [-0.15, -0.1) is 0 Å². The van der Waals surface area contributed by atoms with E-state index in [0.717, 1.165) is 89.9 Å². The fourth-order valence-corrected chi connectivity index (χ4v) is 9.25. The summed E-state index contributed by atoms with van der Waals surface area (Å²) in [4.78, 5) is 37.6. The number of amides is 1. The summed E-state index contributed by atoms with van der Waals surface area (Å²) in [7, 11) is 1.49. The first kappa shape index (κ1) is 69.7. The summed E-state index contributed by atoms with van der Waals surface area (Å²) in [5.41, 5.74) is 0. The second-order valence-corrected chi connectivity index (χ2v) is 23.0. The molecule has 0 aliphatic rings. The van der Waals surface area contributed by atoms with E-state index in [9.17, 15) is 19.0 Å². The number of carbonyl (C=O) groups excluding carboxylic acids is 2. The molecule has 0 heterocycles. The van der Waals surface area contributed by atoms with Crippen LogP contribution in [0.25, 0.3) is 0 Å². The Morgan fingerprint density at radius 1 is 0.486 bits per heavy atom. The third kappa shape index (κ3) is 52.6. The van der Waals surface area contributed by atoms with E-state index in [0.29, 0.717) is 23.9 Å². The molecule has 0 aromatic heterocycles. The zero-order valence-corrected chi connectivity index (χ0v) is 48.8. The first-order chi connectivity index (χ1) is 34.9. The van der Waals surface area contributed by atoms with Crippen LogP contribution in [0.1, 0.15) is 271 Å². The minimum atomic E-state index is -4.45. The van der Waals surface area contributed by atoms with Gasteiger partial charge in [0.1, 0.15) is 19.3 Å². The van der Waals surface area contributed by atoms with Crippen molar-refractivity contribution < 1.29 is 37.3 Å². The lowest BCUT2D eigenvalue weighted by Crippen LogP contribution is -2.47. The number of unbranched alkanes of at least 4 members (excludes halogenated alkanes) is 30. The number of quaternary nitrogens is 1. The van der Waals surface area contributed by atoms with Gasteiger partial charge in [0.25, 0.3) is 0 Å². The Bertz CT molecular complexity index is 1420. The first-order valence-corrected chi connectivity index (χ1v) is 31.6. The topological polar surface area (TPSA) is 111 Å². The van der Waals surface area contributed by atoms with Crippen molar-refractivity contribution in [2.75, 3.05) is 40.9 Å². The molecule has 0 saturated carbocycles. The Balaban J connectivity index is 5.20. The predicted molar refractivity (Wildman–Crippen MR) is 309 cm³/mol. The third-order valence-corrected chi connectivity index (χ3v) is 14.2. The summed E-state index contributed by atoms with van der Waals surface area (Å²) in [5.74, 6) is -0.514. The molecule has 0 aromatic carbocycles. The second kappa shape index (κ2) is 52.2. The van der Waals surface area contributed by atoms with E-state index >= 15 is 0 Å². The van der Waals surface area contributed by atoms with Crippen LogP contribution >= 0.6 is 7.82 Å². The van der Waals surface area contributed by atoms with E-state index in [2.05, 4.69) is 74.7 Å². The van der Waals surface area contributed by atoms with Crippen LogP contribution in [-0.2, 0) is 27.9 Å². The molecule has 0 radical (unpaired) electrons. The Kier molecular flexibility index (Phi) is 50.5. The van der Waals surface area contributed by atoms with Gasteiger partial charge in [0.15, 0.2) is 0 Å². The average Bonchev–Trinajstić information content (AvgIpc) is 3.34. The molecule has 2 N–H and O–H groups in total. The second-order valence-electron chi connectivity index (χ2n) is 21.5. The summed E-state index contributed by atoms with van der Waals surface area (Å²) >= 11 is 0. The Morgan fingerprint density at radius 3 is 1.29 bits per heavy atom. The number of carbonyl (C=O) groups is 2. The van der Waals surface area contributed by atoms with Crippen LogP contribution in [0.4, 0.5) is 0 Å². The van der Waals surface area contributed by atoms with Crippen molar-refractivity contribution in [2.24, 2.45) is 0 Å². The molecule has 0 saturated heterocycles. The lowest BCUT2D eigenvalue weighted by atomic mass is 10.0. The normalized spacial score (nSPS) is 14.2. The molecule has 3 atom stereocenters. The molecular formula is C62H116N2O7P+. The summed E-state index contributed by atoms with van der Waals surface area (Å²) in [5, 5.41) is 3.05. The molecule has 420 valence electrons. The highest BCUT2D eigenvalue weighted by atomic mass is 31.2. The van der Waals surface area contributed by atoms with Crippen molar-refractivity contribution in [2.45, 2.75) is 283 Å². The average molecular weight is 1030 g/mol. The van der Waals surface area contributed by atoms with Crippen molar-refractivity contribution in [3.05, 3.63) is 60.8 Å². The van der Waals surface area contributed by atoms with Crippen LogP contribution in [0.3, 0.4) is 0 Å². The van der Waals surface area contributed by atoms with Gasteiger partial charge in [0.05, 0.1) is 33.8 Å². The highest BCUT2D eigenvalue weighted by Crippen LogP contribution is 2.43. The number of phosphoric acid groups is 1. The summed E-state index contributed by atoms with van der Waals surface area (Å²) in [6, 6.07) is -0.852. The molecule has 10 heteroatoms. The highest BCUT2D eigenvalue weighted by Gasteiger charge is 2.30. The highest BCUT2D eigenvalue weighted by molar-refractivity contribution is 7.47. The first-order valence-electron chi connectivity index (χ1n) is 30.1. The predicted octanol–water partition coefficient (Wildman–Crippen LogP) is 18.3. The number of nitrogens with one attached hydrogen (secondary N) is 1. The van der Waals surface area contributed by atoms with Crippen molar-refractivity contribution in [3.63, 3.8) is 0 Å². The van der Waals surface area contributed by atoms with E-state index in [4.69, 9.17) is 13.8 Å². The van der Waals surface area contributed by atoms with Gasteiger partial charge < -0.3 is 19.4 Å². The van der Waals surface area contributed by atoms with Crippen LogP contribution in [0.5, 0.6) is 0 Å². The van der Waals surface area contributed by atoms with E-state index in [1.807, 2.05) is 33.3 Å². The number of rotatable bonds is 54. The number of ether oxygens (including phenoxy) is 1. The number of esters is 1. The van der Waals surface area contributed by atoms with E-state index < -0.39 is 20.0 Å². The maximum absolute atomic E-state index is 13.5. The monoisotopic (exact) mass is 1030 g/mol. The molecule has 0 aliphatic carbocycles. The number of hydrogen-bond donors (Lipinski definition) is 2.